The molecule has 60 valence electrons. The van der Waals surface area contributed by atoms with Gasteiger partial charge in [-0.2, -0.15) is 0 Å². The summed E-state index contributed by atoms with van der Waals surface area (Å²) in [5.41, 5.74) is 1.17. The lowest BCUT2D eigenvalue weighted by Crippen LogP contribution is -1.63. The topological polar surface area (TPSA) is 9.23 Å². The number of ether oxygens (including phenoxy) is 1. The molecule has 0 bridgehead atoms. The molecule has 1 rings (SSSR count). The summed E-state index contributed by atoms with van der Waals surface area (Å²) >= 11 is 0. The van der Waals surface area contributed by atoms with Gasteiger partial charge in [-0.1, -0.05) is 43.0 Å². The first-order chi connectivity index (χ1) is 5.35. The van der Waals surface area contributed by atoms with E-state index in [1.165, 1.54) is 5.56 Å². The maximum absolute atomic E-state index is 4.25. The third-order valence-corrected chi connectivity index (χ3v) is 1.04. The first-order valence-corrected chi connectivity index (χ1v) is 3.42. The lowest BCUT2D eigenvalue weighted by molar-refractivity contribution is 0.277. The molecule has 1 aromatic carbocycles. The van der Waals surface area contributed by atoms with Gasteiger partial charge in [0.25, 0.3) is 0 Å². The van der Waals surface area contributed by atoms with E-state index in [-0.39, 0.29) is 0 Å². The summed E-state index contributed by atoms with van der Waals surface area (Å²) in [5, 5.41) is 0. The number of hydrogen-bond donors (Lipinski definition) is 0. The molecule has 0 radical (unpaired) electrons. The second-order valence-corrected chi connectivity index (χ2v) is 2.02. The van der Waals surface area contributed by atoms with Crippen molar-refractivity contribution in [2.24, 2.45) is 0 Å². The van der Waals surface area contributed by atoms with Gasteiger partial charge in [0.05, 0.1) is 0 Å². The highest BCUT2D eigenvalue weighted by molar-refractivity contribution is 5.45. The Balaban J connectivity index is 0.000000292. The van der Waals surface area contributed by atoms with Crippen LogP contribution in [0.3, 0.4) is 0 Å². The van der Waals surface area contributed by atoms with Crippen molar-refractivity contribution < 1.29 is 4.74 Å². The molecular formula is C10H14O. The fourth-order valence-corrected chi connectivity index (χ4v) is 0.589. The summed E-state index contributed by atoms with van der Waals surface area (Å²) in [5.74, 6) is 0. The minimum absolute atomic E-state index is 1.17. The Kier molecular flexibility index (Phi) is 6.34. The largest absolute Gasteiger partial charge is 0.388 e. The zero-order valence-electron chi connectivity index (χ0n) is 7.08. The van der Waals surface area contributed by atoms with Gasteiger partial charge < -0.3 is 4.74 Å². The predicted octanol–water partition coefficient (Wildman–Crippen LogP) is 2.59. The van der Waals surface area contributed by atoms with E-state index in [4.69, 9.17) is 0 Å². The van der Waals surface area contributed by atoms with Gasteiger partial charge in [-0.3, -0.25) is 0 Å². The molecule has 0 unspecified atom stereocenters. The van der Waals surface area contributed by atoms with E-state index >= 15 is 0 Å². The third kappa shape index (κ3) is 5.37. The molecule has 0 fully saturated rings. The zero-order chi connectivity index (χ0) is 8.53. The van der Waals surface area contributed by atoms with Crippen molar-refractivity contribution in [2.75, 3.05) is 14.2 Å². The van der Waals surface area contributed by atoms with Gasteiger partial charge in [0.2, 0.25) is 0 Å². The lowest BCUT2D eigenvalue weighted by Gasteiger charge is -1.85. The van der Waals surface area contributed by atoms with Crippen molar-refractivity contribution in [3.63, 3.8) is 0 Å². The number of hydrogen-bond acceptors (Lipinski definition) is 1. The highest BCUT2D eigenvalue weighted by Crippen LogP contribution is 1.97. The average Bonchev–Trinajstić information content (AvgIpc) is 2.08. The van der Waals surface area contributed by atoms with Gasteiger partial charge in [0, 0.05) is 14.2 Å². The minimum Gasteiger partial charge on any atom is -0.388 e. The Labute approximate surface area is 68.3 Å². The molecule has 11 heavy (non-hydrogen) atoms. The highest BCUT2D eigenvalue weighted by Gasteiger charge is 1.75. The molecule has 1 nitrogen and oxygen atoms in total. The van der Waals surface area contributed by atoms with Crippen LogP contribution in [0.2, 0.25) is 0 Å². The molecule has 0 atom stereocenters. The fourth-order valence-electron chi connectivity index (χ4n) is 0.589. The smallest absolute Gasteiger partial charge is 0.0351 e. The maximum atomic E-state index is 4.25. The standard InChI is InChI=1S/C8H8.C2H6O/c1-2-8-6-4-3-5-7-8;1-3-2/h2-7H,1H2;1-2H3. The van der Waals surface area contributed by atoms with Gasteiger partial charge in [0.15, 0.2) is 0 Å². The van der Waals surface area contributed by atoms with Crippen LogP contribution in [-0.4, -0.2) is 14.2 Å². The molecular weight excluding hydrogens is 136 g/mol. The predicted molar refractivity (Wildman–Crippen MR) is 49.5 cm³/mol. The van der Waals surface area contributed by atoms with Crippen LogP contribution in [0.15, 0.2) is 36.9 Å². The van der Waals surface area contributed by atoms with Gasteiger partial charge >= 0.3 is 0 Å². The molecule has 0 aliphatic rings. The van der Waals surface area contributed by atoms with E-state index in [1.807, 2.05) is 36.4 Å². The first-order valence-electron chi connectivity index (χ1n) is 3.42. The second-order valence-electron chi connectivity index (χ2n) is 2.02. The van der Waals surface area contributed by atoms with E-state index in [0.717, 1.165) is 0 Å². The third-order valence-electron chi connectivity index (χ3n) is 1.04. The molecule has 0 aliphatic heterocycles. The van der Waals surface area contributed by atoms with Crippen molar-refractivity contribution in [2.45, 2.75) is 0 Å². The number of rotatable bonds is 1. The number of benzene rings is 1. The van der Waals surface area contributed by atoms with Crippen molar-refractivity contribution in [3.05, 3.63) is 42.5 Å². The SMILES string of the molecule is C=Cc1ccccc1.COC. The van der Waals surface area contributed by atoms with Crippen LogP contribution in [0.1, 0.15) is 5.56 Å². The molecule has 0 saturated carbocycles. The van der Waals surface area contributed by atoms with Crippen molar-refractivity contribution in [1.82, 2.24) is 0 Å². The molecule has 0 saturated heterocycles. The van der Waals surface area contributed by atoms with Crippen LogP contribution < -0.4 is 0 Å². The van der Waals surface area contributed by atoms with Crippen LogP contribution in [0.5, 0.6) is 0 Å². The molecule has 1 aromatic rings. The molecule has 0 heterocycles. The van der Waals surface area contributed by atoms with Crippen LogP contribution >= 0.6 is 0 Å². The van der Waals surface area contributed by atoms with E-state index in [0.29, 0.717) is 0 Å². The average molecular weight is 150 g/mol. The Bertz CT molecular complexity index is 179. The summed E-state index contributed by atoms with van der Waals surface area (Å²) in [6.45, 7) is 3.63. The molecule has 0 amide bonds. The first kappa shape index (κ1) is 9.92. The van der Waals surface area contributed by atoms with Gasteiger partial charge in [-0.15, -0.1) is 0 Å². The molecule has 0 spiro atoms. The van der Waals surface area contributed by atoms with Gasteiger partial charge in [0.1, 0.15) is 0 Å². The zero-order valence-corrected chi connectivity index (χ0v) is 7.08. The summed E-state index contributed by atoms with van der Waals surface area (Å²) in [4.78, 5) is 0. The van der Waals surface area contributed by atoms with E-state index in [9.17, 15) is 0 Å². The maximum Gasteiger partial charge on any atom is 0.0351 e. The van der Waals surface area contributed by atoms with E-state index in [2.05, 4.69) is 11.3 Å². The summed E-state index contributed by atoms with van der Waals surface area (Å²) < 4.78 is 4.25. The van der Waals surface area contributed by atoms with Crippen LogP contribution in [-0.2, 0) is 4.74 Å². The second kappa shape index (κ2) is 7.03. The van der Waals surface area contributed by atoms with Gasteiger partial charge in [-0.05, 0) is 5.56 Å². The van der Waals surface area contributed by atoms with E-state index in [1.54, 1.807) is 14.2 Å². The van der Waals surface area contributed by atoms with Crippen molar-refractivity contribution in [1.29, 1.82) is 0 Å². The Hall–Kier alpha value is -1.08. The highest BCUT2D eigenvalue weighted by atomic mass is 16.4. The van der Waals surface area contributed by atoms with E-state index < -0.39 is 0 Å². The van der Waals surface area contributed by atoms with Crippen molar-refractivity contribution in [3.8, 4) is 0 Å². The monoisotopic (exact) mass is 150 g/mol. The van der Waals surface area contributed by atoms with Crippen LogP contribution in [0.4, 0.5) is 0 Å². The molecule has 1 heteroatoms. The Morgan fingerprint density at radius 3 is 1.91 bits per heavy atom. The molecule has 0 N–H and O–H groups in total. The molecule has 0 aromatic heterocycles. The summed E-state index contributed by atoms with van der Waals surface area (Å²) in [7, 11) is 3.25. The summed E-state index contributed by atoms with van der Waals surface area (Å²) in [6.07, 6.45) is 1.83. The van der Waals surface area contributed by atoms with Crippen LogP contribution in [0, 0.1) is 0 Å². The molecule has 0 aliphatic carbocycles. The van der Waals surface area contributed by atoms with Crippen LogP contribution in [0.25, 0.3) is 6.08 Å². The Morgan fingerprint density at radius 2 is 1.64 bits per heavy atom. The minimum atomic E-state index is 1.17. The summed E-state index contributed by atoms with van der Waals surface area (Å²) in [6, 6.07) is 10.0. The fraction of sp³-hybridized carbons (Fsp3) is 0.200. The quantitative estimate of drug-likeness (QED) is 0.598. The Morgan fingerprint density at radius 1 is 1.18 bits per heavy atom. The number of methoxy groups -OCH3 is 1. The normalized spacial score (nSPS) is 7.82. The lowest BCUT2D eigenvalue weighted by atomic mass is 10.2. The van der Waals surface area contributed by atoms with Crippen molar-refractivity contribution >= 4 is 6.08 Å². The van der Waals surface area contributed by atoms with Gasteiger partial charge in [-0.25, -0.2) is 0 Å².